The Balaban J connectivity index is 1.65. The van der Waals surface area contributed by atoms with Gasteiger partial charge in [-0.1, -0.05) is 30.3 Å². The van der Waals surface area contributed by atoms with Gasteiger partial charge in [0.1, 0.15) is 6.04 Å². The molecular formula is C25H28N4O7S. The monoisotopic (exact) mass is 528 g/mol. The number of nitrogens with zero attached hydrogens (tertiary/aromatic N) is 1. The summed E-state index contributed by atoms with van der Waals surface area (Å²) >= 11 is 0.788. The fraction of sp³-hybridized carbons (Fsp3) is 0.280. The van der Waals surface area contributed by atoms with Gasteiger partial charge >= 0.3 is 6.03 Å². The van der Waals surface area contributed by atoms with E-state index in [1.807, 2.05) is 30.3 Å². The van der Waals surface area contributed by atoms with E-state index in [0.717, 1.165) is 22.2 Å². The average Bonchev–Trinajstić information content (AvgIpc) is 3.15. The van der Waals surface area contributed by atoms with Crippen molar-refractivity contribution in [1.82, 2.24) is 15.5 Å². The lowest BCUT2D eigenvalue weighted by Crippen LogP contribution is -2.51. The molecule has 196 valence electrons. The molecule has 11 nitrogen and oxygen atoms in total. The number of hydrogen-bond donors (Lipinski definition) is 3. The molecule has 5 amide bonds. The minimum atomic E-state index is -0.908. The van der Waals surface area contributed by atoms with E-state index in [4.69, 9.17) is 19.9 Å². The van der Waals surface area contributed by atoms with Gasteiger partial charge in [0.2, 0.25) is 11.7 Å². The number of benzene rings is 2. The Kier molecular flexibility index (Phi) is 9.39. The minimum Gasteiger partial charge on any atom is -0.493 e. The van der Waals surface area contributed by atoms with Crippen LogP contribution in [0.4, 0.5) is 9.59 Å². The highest BCUT2D eigenvalue weighted by molar-refractivity contribution is 8.18. The lowest BCUT2D eigenvalue weighted by molar-refractivity contribution is -0.125. The standard InChI is InChI=1S/C25H28N4O7S/c1-34-18-12-16(13-19(35-2)21(18)36-3)14-20-23(31)29(25(33)37-20)10-9-27-22(30)17(28-24(26)32)11-15-7-5-4-6-8-15/h4-8,12-14,17H,9-11H2,1-3H3,(H,27,30)(H3,26,28,32)/b20-14-. The smallest absolute Gasteiger partial charge is 0.312 e. The fourth-order valence-electron chi connectivity index (χ4n) is 3.67. The molecule has 0 spiro atoms. The molecule has 2 aromatic carbocycles. The third-order valence-electron chi connectivity index (χ3n) is 5.41. The summed E-state index contributed by atoms with van der Waals surface area (Å²) in [5.41, 5.74) is 6.63. The molecule has 1 atom stereocenters. The van der Waals surface area contributed by atoms with Crippen molar-refractivity contribution in [3.05, 3.63) is 58.5 Å². The Hall–Kier alpha value is -4.19. The normalized spacial score (nSPS) is 14.9. The van der Waals surface area contributed by atoms with Crippen LogP contribution in [0.5, 0.6) is 17.2 Å². The number of nitrogens with one attached hydrogen (secondary N) is 2. The summed E-state index contributed by atoms with van der Waals surface area (Å²) in [6, 6.07) is 10.7. The molecule has 1 aliphatic rings. The Bertz CT molecular complexity index is 1180. The predicted octanol–water partition coefficient (Wildman–Crippen LogP) is 2.14. The van der Waals surface area contributed by atoms with Gasteiger partial charge in [-0.2, -0.15) is 0 Å². The van der Waals surface area contributed by atoms with Crippen LogP contribution in [0, 0.1) is 0 Å². The summed E-state index contributed by atoms with van der Waals surface area (Å²) < 4.78 is 16.0. The van der Waals surface area contributed by atoms with Crippen LogP contribution in [-0.4, -0.2) is 68.4 Å². The van der Waals surface area contributed by atoms with E-state index < -0.39 is 29.1 Å². The highest BCUT2D eigenvalue weighted by Gasteiger charge is 2.35. The first-order valence-corrected chi connectivity index (χ1v) is 12.0. The van der Waals surface area contributed by atoms with Crippen molar-refractivity contribution < 1.29 is 33.4 Å². The maximum atomic E-state index is 12.9. The number of amides is 5. The van der Waals surface area contributed by atoms with E-state index in [1.54, 1.807) is 18.2 Å². The van der Waals surface area contributed by atoms with Gasteiger partial charge in [0.05, 0.1) is 26.2 Å². The Labute approximate surface area is 218 Å². The number of thioether (sulfide) groups is 1. The van der Waals surface area contributed by atoms with Crippen LogP contribution in [0.3, 0.4) is 0 Å². The zero-order chi connectivity index (χ0) is 26.9. The second kappa shape index (κ2) is 12.7. The topological polar surface area (TPSA) is 149 Å². The van der Waals surface area contributed by atoms with Gasteiger partial charge in [0, 0.05) is 19.5 Å². The summed E-state index contributed by atoms with van der Waals surface area (Å²) in [7, 11) is 4.44. The molecule has 4 N–H and O–H groups in total. The van der Waals surface area contributed by atoms with E-state index in [1.165, 1.54) is 21.3 Å². The van der Waals surface area contributed by atoms with Gasteiger partial charge in [-0.15, -0.1) is 0 Å². The highest BCUT2D eigenvalue weighted by atomic mass is 32.2. The van der Waals surface area contributed by atoms with E-state index in [2.05, 4.69) is 10.6 Å². The lowest BCUT2D eigenvalue weighted by Gasteiger charge is -2.19. The van der Waals surface area contributed by atoms with Crippen molar-refractivity contribution in [2.24, 2.45) is 5.73 Å². The van der Waals surface area contributed by atoms with Gasteiger partial charge in [0.25, 0.3) is 11.1 Å². The zero-order valence-electron chi connectivity index (χ0n) is 20.6. The first-order valence-electron chi connectivity index (χ1n) is 11.2. The number of rotatable bonds is 11. The number of urea groups is 1. The Morgan fingerprint density at radius 2 is 1.70 bits per heavy atom. The molecular weight excluding hydrogens is 500 g/mol. The number of carbonyl (C=O) groups is 4. The van der Waals surface area contributed by atoms with Crippen LogP contribution in [0.1, 0.15) is 11.1 Å². The van der Waals surface area contributed by atoms with Crippen molar-refractivity contribution in [1.29, 1.82) is 0 Å². The van der Waals surface area contributed by atoms with Gasteiger partial charge in [-0.3, -0.25) is 19.3 Å². The largest absolute Gasteiger partial charge is 0.493 e. The number of methoxy groups -OCH3 is 3. The van der Waals surface area contributed by atoms with Crippen LogP contribution >= 0.6 is 11.8 Å². The number of ether oxygens (including phenoxy) is 3. The van der Waals surface area contributed by atoms with E-state index in [-0.39, 0.29) is 24.4 Å². The molecule has 1 aliphatic heterocycles. The third kappa shape index (κ3) is 6.94. The van der Waals surface area contributed by atoms with Crippen molar-refractivity contribution in [3.63, 3.8) is 0 Å². The number of nitrogens with two attached hydrogens (primary N) is 1. The zero-order valence-corrected chi connectivity index (χ0v) is 21.4. The van der Waals surface area contributed by atoms with Crippen LogP contribution < -0.4 is 30.6 Å². The average molecular weight is 529 g/mol. The molecule has 2 aromatic rings. The summed E-state index contributed by atoms with van der Waals surface area (Å²) in [4.78, 5) is 50.7. The molecule has 3 rings (SSSR count). The van der Waals surface area contributed by atoms with E-state index >= 15 is 0 Å². The SMILES string of the molecule is COc1cc(/C=C2\SC(=O)N(CCNC(=O)C(Cc3ccccc3)NC(N)=O)C2=O)cc(OC)c1OC. The minimum absolute atomic E-state index is 0.0000659. The first kappa shape index (κ1) is 27.4. The van der Waals surface area contributed by atoms with Crippen molar-refractivity contribution in [2.45, 2.75) is 12.5 Å². The van der Waals surface area contributed by atoms with Gasteiger partial charge in [-0.05, 0) is 41.1 Å². The van der Waals surface area contributed by atoms with Crippen LogP contribution in [0.15, 0.2) is 47.4 Å². The highest BCUT2D eigenvalue weighted by Crippen LogP contribution is 2.40. The Morgan fingerprint density at radius 3 is 2.27 bits per heavy atom. The third-order valence-corrected chi connectivity index (χ3v) is 6.32. The van der Waals surface area contributed by atoms with Crippen molar-refractivity contribution in [3.8, 4) is 17.2 Å². The van der Waals surface area contributed by atoms with Crippen molar-refractivity contribution in [2.75, 3.05) is 34.4 Å². The molecule has 1 heterocycles. The number of hydrogen-bond acceptors (Lipinski definition) is 8. The summed E-state index contributed by atoms with van der Waals surface area (Å²) in [5, 5.41) is 4.61. The predicted molar refractivity (Wildman–Crippen MR) is 138 cm³/mol. The molecule has 37 heavy (non-hydrogen) atoms. The fourth-order valence-corrected chi connectivity index (χ4v) is 4.54. The molecule has 0 saturated carbocycles. The maximum absolute atomic E-state index is 12.9. The quantitative estimate of drug-likeness (QED) is 0.376. The van der Waals surface area contributed by atoms with Gasteiger partial charge in [0.15, 0.2) is 11.5 Å². The maximum Gasteiger partial charge on any atom is 0.312 e. The van der Waals surface area contributed by atoms with Crippen LogP contribution in [-0.2, 0) is 16.0 Å². The van der Waals surface area contributed by atoms with E-state index in [9.17, 15) is 19.2 Å². The van der Waals surface area contributed by atoms with Gasteiger partial charge in [-0.25, -0.2) is 4.79 Å². The Morgan fingerprint density at radius 1 is 1.05 bits per heavy atom. The molecule has 0 aromatic heterocycles. The van der Waals surface area contributed by atoms with Crippen LogP contribution in [0.25, 0.3) is 6.08 Å². The summed E-state index contributed by atoms with van der Waals surface area (Å²) in [6.45, 7) is -0.0440. The molecule has 0 radical (unpaired) electrons. The molecule has 0 bridgehead atoms. The molecule has 0 aliphatic carbocycles. The second-order valence-electron chi connectivity index (χ2n) is 7.83. The molecule has 1 saturated heterocycles. The van der Waals surface area contributed by atoms with Gasteiger partial charge < -0.3 is 30.6 Å². The molecule has 1 fully saturated rings. The number of primary amides is 1. The number of imide groups is 1. The second-order valence-corrected chi connectivity index (χ2v) is 8.83. The summed E-state index contributed by atoms with van der Waals surface area (Å²) in [6.07, 6.45) is 1.79. The van der Waals surface area contributed by atoms with E-state index in [0.29, 0.717) is 22.8 Å². The number of carbonyl (C=O) groups excluding carboxylic acids is 4. The molecule has 1 unspecified atom stereocenters. The van der Waals surface area contributed by atoms with Crippen molar-refractivity contribution >= 4 is 40.9 Å². The lowest BCUT2D eigenvalue weighted by atomic mass is 10.1. The first-order chi connectivity index (χ1) is 17.8. The summed E-state index contributed by atoms with van der Waals surface area (Å²) in [5.74, 6) is 0.244. The molecule has 12 heteroatoms. The van der Waals surface area contributed by atoms with Crippen LogP contribution in [0.2, 0.25) is 0 Å².